The number of carbonyl (C=O) groups is 3. The minimum atomic E-state index is -1.64. The molecule has 71 heavy (non-hydrogen) atoms. The van der Waals surface area contributed by atoms with Crippen molar-refractivity contribution in [3.63, 3.8) is 0 Å². The summed E-state index contributed by atoms with van der Waals surface area (Å²) >= 11 is 0. The van der Waals surface area contributed by atoms with Gasteiger partial charge in [-0.25, -0.2) is 0 Å². The number of carboxylic acid groups (broad SMARTS) is 1. The zero-order chi connectivity index (χ0) is 52.0. The maximum absolute atomic E-state index is 12.7. The fourth-order valence-corrected chi connectivity index (χ4v) is 6.46. The van der Waals surface area contributed by atoms with E-state index >= 15 is 0 Å². The first-order valence-electron chi connectivity index (χ1n) is 27.0. The molecule has 0 aliphatic carbocycles. The van der Waals surface area contributed by atoms with Crippen LogP contribution in [0.1, 0.15) is 168 Å². The second kappa shape index (κ2) is 51.5. The van der Waals surface area contributed by atoms with E-state index < -0.39 is 24.3 Å². The molecule has 0 saturated heterocycles. The van der Waals surface area contributed by atoms with Crippen LogP contribution in [0.3, 0.4) is 0 Å². The highest BCUT2D eigenvalue weighted by molar-refractivity contribution is 5.70. The molecule has 0 amide bonds. The molecule has 9 heteroatoms. The van der Waals surface area contributed by atoms with E-state index in [9.17, 15) is 19.5 Å². The number of esters is 2. The number of carboxylic acids is 1. The van der Waals surface area contributed by atoms with Gasteiger partial charge in [0.15, 0.2) is 12.4 Å². The molecule has 0 aromatic heterocycles. The summed E-state index contributed by atoms with van der Waals surface area (Å²) in [7, 11) is 5.88. The number of unbranched alkanes of at least 4 members (excludes halogenated alkanes) is 8. The van der Waals surface area contributed by atoms with Gasteiger partial charge in [0, 0.05) is 12.8 Å². The highest BCUT2D eigenvalue weighted by atomic mass is 16.7. The normalized spacial score (nSPS) is 14.0. The third-order valence-corrected chi connectivity index (χ3v) is 10.6. The van der Waals surface area contributed by atoms with Crippen molar-refractivity contribution in [2.24, 2.45) is 0 Å². The predicted molar refractivity (Wildman–Crippen MR) is 296 cm³/mol. The summed E-state index contributed by atoms with van der Waals surface area (Å²) in [5.74, 6) is -2.37. The topological polar surface area (TPSA) is 111 Å². The molecule has 0 N–H and O–H groups in total. The summed E-state index contributed by atoms with van der Waals surface area (Å²) in [5, 5.41) is 11.7. The number of hydrogen-bond acceptors (Lipinski definition) is 8. The van der Waals surface area contributed by atoms with Crippen LogP contribution >= 0.6 is 0 Å². The first-order chi connectivity index (χ1) is 34.6. The van der Waals surface area contributed by atoms with Crippen molar-refractivity contribution >= 4 is 17.9 Å². The Morgan fingerprint density at radius 1 is 0.437 bits per heavy atom. The van der Waals surface area contributed by atoms with Crippen molar-refractivity contribution < 1.29 is 42.9 Å². The van der Waals surface area contributed by atoms with E-state index in [1.807, 2.05) is 21.1 Å². The second-order valence-corrected chi connectivity index (χ2v) is 18.4. The number of quaternary nitrogens is 1. The number of rotatable bonds is 47. The quantitative estimate of drug-likeness (QED) is 0.0195. The molecule has 0 aliphatic rings. The van der Waals surface area contributed by atoms with E-state index in [1.165, 1.54) is 19.3 Å². The molecule has 0 fully saturated rings. The molecular weight excluding hydrogens is 887 g/mol. The van der Waals surface area contributed by atoms with Crippen LogP contribution in [0, 0.1) is 0 Å². The summed E-state index contributed by atoms with van der Waals surface area (Å²) in [4.78, 5) is 36.9. The maximum Gasteiger partial charge on any atom is 0.306 e. The summed E-state index contributed by atoms with van der Waals surface area (Å²) in [6, 6.07) is 0. The molecule has 0 rings (SSSR count). The lowest BCUT2D eigenvalue weighted by Gasteiger charge is -2.26. The van der Waals surface area contributed by atoms with Gasteiger partial charge in [-0.1, -0.05) is 198 Å². The van der Waals surface area contributed by atoms with Crippen LogP contribution in [0.25, 0.3) is 0 Å². The predicted octanol–water partition coefficient (Wildman–Crippen LogP) is 14.3. The molecule has 0 heterocycles. The van der Waals surface area contributed by atoms with Crippen molar-refractivity contribution in [2.75, 3.05) is 47.5 Å². The molecule has 0 radical (unpaired) electrons. The number of likely N-dealkylation sites (N-methyl/N-ethyl adjacent to an activating group) is 1. The zero-order valence-electron chi connectivity index (χ0n) is 45.0. The summed E-state index contributed by atoms with van der Waals surface area (Å²) < 4.78 is 22.4. The Hall–Kier alpha value is -4.83. The first-order valence-corrected chi connectivity index (χ1v) is 27.0. The molecule has 398 valence electrons. The largest absolute Gasteiger partial charge is 0.545 e. The number of nitrogens with zero attached hydrogens (tertiary/aromatic N) is 1. The van der Waals surface area contributed by atoms with E-state index in [-0.39, 0.29) is 38.6 Å². The summed E-state index contributed by atoms with van der Waals surface area (Å²) in [5.41, 5.74) is 0. The van der Waals surface area contributed by atoms with E-state index in [0.717, 1.165) is 116 Å². The number of hydrogen-bond donors (Lipinski definition) is 0. The monoisotopic (exact) mass is 984 g/mol. The van der Waals surface area contributed by atoms with Crippen LogP contribution < -0.4 is 5.11 Å². The number of ether oxygens (including phenoxy) is 4. The standard InChI is InChI=1S/C62H97NO8/c1-6-8-10-12-14-15-16-17-18-19-20-21-22-23-24-25-26-27-28-29-30-31-32-33-34-35-36-37-38-39-40-41-42-43-44-45-47-49-51-53-60(65)71-58(56-69-59(64)52-50-48-46-13-11-9-7-2)57-70-62(61(66)67)68-55-54-63(3,4)5/h8,10,14-15,17-18,20-21,23-24,26-27,29-30,32-33,35-36,38-39,41-42,44-45,58,62H,6-7,9,11-13,16,19,22,25,28,31,34,37,40,43,46-57H2,1-5H3/b10-8-,15-14-,18-17-,21-20-,24-23-,27-26-,30-29-,33-32-,36-35-,39-38-,42-41-,45-44-. The fraction of sp³-hybridized carbons (Fsp3) is 0.565. The molecule has 9 nitrogen and oxygen atoms in total. The van der Waals surface area contributed by atoms with Gasteiger partial charge in [-0.3, -0.25) is 9.59 Å². The lowest BCUT2D eigenvalue weighted by atomic mass is 10.1. The molecule has 0 aliphatic heterocycles. The number of aliphatic carboxylic acids is 1. The Morgan fingerprint density at radius 3 is 1.20 bits per heavy atom. The van der Waals surface area contributed by atoms with Gasteiger partial charge in [0.05, 0.1) is 40.3 Å². The average molecular weight is 984 g/mol. The van der Waals surface area contributed by atoms with Crippen LogP contribution in [-0.4, -0.2) is 82.3 Å². The third kappa shape index (κ3) is 52.8. The second-order valence-electron chi connectivity index (χ2n) is 18.4. The third-order valence-electron chi connectivity index (χ3n) is 10.6. The molecule has 0 aromatic rings. The Morgan fingerprint density at radius 2 is 0.803 bits per heavy atom. The first kappa shape index (κ1) is 66.2. The van der Waals surface area contributed by atoms with Crippen LogP contribution in [0.5, 0.6) is 0 Å². The fourth-order valence-electron chi connectivity index (χ4n) is 6.46. The van der Waals surface area contributed by atoms with Gasteiger partial charge in [-0.05, 0) is 103 Å². The minimum absolute atomic E-state index is 0.132. The van der Waals surface area contributed by atoms with E-state index in [0.29, 0.717) is 17.4 Å². The molecule has 2 unspecified atom stereocenters. The van der Waals surface area contributed by atoms with Gasteiger partial charge in [0.25, 0.3) is 0 Å². The highest BCUT2D eigenvalue weighted by Gasteiger charge is 2.21. The molecule has 2 atom stereocenters. The van der Waals surface area contributed by atoms with Gasteiger partial charge >= 0.3 is 11.9 Å². The Labute approximate surface area is 432 Å². The lowest BCUT2D eigenvalue weighted by Crippen LogP contribution is -2.44. The van der Waals surface area contributed by atoms with Crippen LogP contribution in [0.15, 0.2) is 146 Å². The van der Waals surface area contributed by atoms with Crippen LogP contribution in [0.2, 0.25) is 0 Å². The summed E-state index contributed by atoms with van der Waals surface area (Å²) in [6.45, 7) is 4.48. The Bertz CT molecular complexity index is 1670. The minimum Gasteiger partial charge on any atom is -0.545 e. The van der Waals surface area contributed by atoms with Crippen molar-refractivity contribution in [3.8, 4) is 0 Å². The van der Waals surface area contributed by atoms with Crippen LogP contribution in [-0.2, 0) is 33.3 Å². The summed E-state index contributed by atoms with van der Waals surface area (Å²) in [6.07, 6.45) is 72.2. The number of carbonyl (C=O) groups excluding carboxylic acids is 3. The number of allylic oxidation sites excluding steroid dienone is 24. The average Bonchev–Trinajstić information content (AvgIpc) is 3.34. The van der Waals surface area contributed by atoms with E-state index in [1.54, 1.807) is 0 Å². The Kier molecular flexibility index (Phi) is 48.0. The molecular formula is C62H97NO8. The maximum atomic E-state index is 12.7. The van der Waals surface area contributed by atoms with Crippen molar-refractivity contribution in [3.05, 3.63) is 146 Å². The van der Waals surface area contributed by atoms with Gasteiger partial charge in [-0.2, -0.15) is 0 Å². The molecule has 0 aromatic carbocycles. The van der Waals surface area contributed by atoms with Crippen molar-refractivity contribution in [1.82, 2.24) is 0 Å². The van der Waals surface area contributed by atoms with E-state index in [4.69, 9.17) is 18.9 Å². The van der Waals surface area contributed by atoms with E-state index in [2.05, 4.69) is 160 Å². The SMILES string of the molecule is CC/C=C\C/C=C\C/C=C\C/C=C\C/C=C\C/C=C\C/C=C\C/C=C\C/C=C\C/C=C\C/C=C\C/C=C\CCCCC(=O)OC(COC(=O)CCCCCCCCC)COC(OCC[N+](C)(C)C)C(=O)[O-]. The highest BCUT2D eigenvalue weighted by Crippen LogP contribution is 2.11. The smallest absolute Gasteiger partial charge is 0.306 e. The van der Waals surface area contributed by atoms with Crippen LogP contribution in [0.4, 0.5) is 0 Å². The Balaban J connectivity index is 4.22. The van der Waals surface area contributed by atoms with Gasteiger partial charge in [0.2, 0.25) is 0 Å². The van der Waals surface area contributed by atoms with Gasteiger partial charge in [-0.15, -0.1) is 0 Å². The van der Waals surface area contributed by atoms with Crippen molar-refractivity contribution in [2.45, 2.75) is 180 Å². The van der Waals surface area contributed by atoms with Gasteiger partial charge in [0.1, 0.15) is 13.2 Å². The van der Waals surface area contributed by atoms with Gasteiger partial charge < -0.3 is 33.3 Å². The lowest BCUT2D eigenvalue weighted by molar-refractivity contribution is -0.870. The molecule has 0 saturated carbocycles. The molecule has 0 bridgehead atoms. The zero-order valence-corrected chi connectivity index (χ0v) is 45.0. The molecule has 0 spiro atoms. The van der Waals surface area contributed by atoms with Crippen molar-refractivity contribution in [1.29, 1.82) is 0 Å².